The minimum Gasteiger partial charge on any atom is -0.472 e. The highest BCUT2D eigenvalue weighted by Gasteiger charge is 2.33. The second-order valence-electron chi connectivity index (χ2n) is 5.80. The zero-order valence-corrected chi connectivity index (χ0v) is 13.5. The van der Waals surface area contributed by atoms with Crippen LogP contribution in [-0.2, 0) is 6.18 Å². The Morgan fingerprint density at radius 1 is 1.32 bits per heavy atom. The van der Waals surface area contributed by atoms with Gasteiger partial charge in [-0.05, 0) is 25.1 Å². The lowest BCUT2D eigenvalue weighted by Crippen LogP contribution is -2.31. The number of aromatic nitrogens is 2. The van der Waals surface area contributed by atoms with Gasteiger partial charge in [0.25, 0.3) is 5.91 Å². The second-order valence-corrected chi connectivity index (χ2v) is 5.80. The topological polar surface area (TPSA) is 55.3 Å². The molecule has 2 heterocycles. The van der Waals surface area contributed by atoms with Gasteiger partial charge in [0.05, 0.1) is 12.1 Å². The molecular weight excluding hydrogens is 335 g/mol. The molecule has 3 rings (SSSR count). The van der Waals surface area contributed by atoms with Crippen molar-refractivity contribution >= 4 is 5.91 Å². The van der Waals surface area contributed by atoms with Gasteiger partial charge in [0, 0.05) is 30.8 Å². The molecular formula is C17H16F3N3O2. The molecule has 1 unspecified atom stereocenters. The highest BCUT2D eigenvalue weighted by molar-refractivity contribution is 5.94. The second kappa shape index (κ2) is 6.70. The Kier molecular flexibility index (Phi) is 4.61. The number of hydrogen-bond acceptors (Lipinski definition) is 4. The normalized spacial score (nSPS) is 17.6. The third-order valence-corrected chi connectivity index (χ3v) is 3.91. The summed E-state index contributed by atoms with van der Waals surface area (Å²) in [5.41, 5.74) is -0.810. The molecule has 0 aliphatic carbocycles. The van der Waals surface area contributed by atoms with Gasteiger partial charge in [-0.1, -0.05) is 6.07 Å². The van der Waals surface area contributed by atoms with Crippen molar-refractivity contribution in [2.45, 2.75) is 25.6 Å². The molecule has 1 amide bonds. The van der Waals surface area contributed by atoms with Crippen LogP contribution in [0.1, 0.15) is 28.2 Å². The molecule has 1 fully saturated rings. The minimum atomic E-state index is -4.47. The zero-order chi connectivity index (χ0) is 18.0. The quantitative estimate of drug-likeness (QED) is 0.853. The molecule has 0 N–H and O–H groups in total. The Morgan fingerprint density at radius 2 is 2.12 bits per heavy atom. The molecule has 8 heteroatoms. The molecule has 1 aliphatic heterocycles. The number of alkyl halides is 3. The summed E-state index contributed by atoms with van der Waals surface area (Å²) >= 11 is 0. The molecule has 1 aliphatic rings. The lowest BCUT2D eigenvalue weighted by atomic mass is 10.1. The first-order valence-corrected chi connectivity index (χ1v) is 7.76. The van der Waals surface area contributed by atoms with Gasteiger partial charge in [-0.2, -0.15) is 18.2 Å². The van der Waals surface area contributed by atoms with Crippen molar-refractivity contribution in [1.29, 1.82) is 0 Å². The molecule has 5 nitrogen and oxygen atoms in total. The Bertz CT molecular complexity index is 780. The number of ether oxygens (including phenoxy) is 1. The van der Waals surface area contributed by atoms with E-state index in [0.717, 1.165) is 12.1 Å². The fourth-order valence-corrected chi connectivity index (χ4v) is 2.69. The van der Waals surface area contributed by atoms with Crippen LogP contribution < -0.4 is 4.74 Å². The number of nitrogens with zero attached hydrogens (tertiary/aromatic N) is 3. The average Bonchev–Trinajstić information content (AvgIpc) is 3.02. The van der Waals surface area contributed by atoms with Gasteiger partial charge in [0.1, 0.15) is 11.9 Å². The van der Waals surface area contributed by atoms with Crippen LogP contribution in [-0.4, -0.2) is 40.0 Å². The molecule has 0 saturated carbocycles. The monoisotopic (exact) mass is 351 g/mol. The Labute approximate surface area is 142 Å². The molecule has 132 valence electrons. The van der Waals surface area contributed by atoms with Crippen molar-refractivity contribution in [3.63, 3.8) is 0 Å². The summed E-state index contributed by atoms with van der Waals surface area (Å²) in [5.74, 6) is 0.564. The predicted octanol–water partition coefficient (Wildman–Crippen LogP) is 3.10. The maximum Gasteiger partial charge on any atom is 0.416 e. The van der Waals surface area contributed by atoms with Crippen LogP contribution in [0.4, 0.5) is 13.2 Å². The van der Waals surface area contributed by atoms with Crippen LogP contribution in [0.25, 0.3) is 0 Å². The van der Waals surface area contributed by atoms with Gasteiger partial charge in [-0.15, -0.1) is 0 Å². The predicted molar refractivity (Wildman–Crippen MR) is 83.1 cm³/mol. The molecule has 0 bridgehead atoms. The van der Waals surface area contributed by atoms with E-state index in [1.165, 1.54) is 17.0 Å². The number of benzene rings is 1. The maximum absolute atomic E-state index is 12.8. The smallest absolute Gasteiger partial charge is 0.416 e. The minimum absolute atomic E-state index is 0.0216. The number of carbonyl (C=O) groups is 1. The van der Waals surface area contributed by atoms with Crippen LogP contribution in [0.3, 0.4) is 0 Å². The molecule has 2 aromatic rings. The van der Waals surface area contributed by atoms with Crippen LogP contribution in [0.2, 0.25) is 0 Å². The Hall–Kier alpha value is -2.64. The summed E-state index contributed by atoms with van der Waals surface area (Å²) in [6, 6.07) is 6.09. The third kappa shape index (κ3) is 4.07. The maximum atomic E-state index is 12.8. The summed E-state index contributed by atoms with van der Waals surface area (Å²) < 4.78 is 44.1. The summed E-state index contributed by atoms with van der Waals surface area (Å²) in [7, 11) is 0. The zero-order valence-electron chi connectivity index (χ0n) is 13.5. The molecule has 1 aromatic heterocycles. The van der Waals surface area contributed by atoms with E-state index < -0.39 is 17.6 Å². The van der Waals surface area contributed by atoms with Gasteiger partial charge in [0.2, 0.25) is 5.88 Å². The van der Waals surface area contributed by atoms with Crippen molar-refractivity contribution in [3.8, 4) is 5.88 Å². The number of aryl methyl sites for hydroxylation is 1. The SMILES string of the molecule is Cc1nccc(OC2CCN(C(=O)c3cccc(C(F)(F)F)c3)C2)n1. The summed E-state index contributed by atoms with van der Waals surface area (Å²) in [6.45, 7) is 2.47. The van der Waals surface area contributed by atoms with Crippen LogP contribution in [0, 0.1) is 6.92 Å². The summed E-state index contributed by atoms with van der Waals surface area (Å²) in [4.78, 5) is 22.1. The highest BCUT2D eigenvalue weighted by atomic mass is 19.4. The largest absolute Gasteiger partial charge is 0.472 e. The lowest BCUT2D eigenvalue weighted by molar-refractivity contribution is -0.137. The lowest BCUT2D eigenvalue weighted by Gasteiger charge is -2.18. The summed E-state index contributed by atoms with van der Waals surface area (Å²) in [5, 5.41) is 0. The van der Waals surface area contributed by atoms with Crippen LogP contribution >= 0.6 is 0 Å². The molecule has 25 heavy (non-hydrogen) atoms. The number of halogens is 3. The highest BCUT2D eigenvalue weighted by Crippen LogP contribution is 2.30. The van der Waals surface area contributed by atoms with Crippen LogP contribution in [0.15, 0.2) is 36.5 Å². The van der Waals surface area contributed by atoms with Crippen molar-refractivity contribution in [3.05, 3.63) is 53.5 Å². The van der Waals surface area contributed by atoms with E-state index in [0.29, 0.717) is 31.2 Å². The van der Waals surface area contributed by atoms with Gasteiger partial charge < -0.3 is 9.64 Å². The first kappa shape index (κ1) is 17.2. The third-order valence-electron chi connectivity index (χ3n) is 3.91. The molecule has 1 saturated heterocycles. The van der Waals surface area contributed by atoms with E-state index in [-0.39, 0.29) is 11.7 Å². The van der Waals surface area contributed by atoms with Gasteiger partial charge in [-0.25, -0.2) is 4.98 Å². The molecule has 0 spiro atoms. The standard InChI is InChI=1S/C17H16F3N3O2/c1-11-21-7-5-15(22-11)25-14-6-8-23(10-14)16(24)12-3-2-4-13(9-12)17(18,19)20/h2-5,7,9,14H,6,8,10H2,1H3. The molecule has 1 atom stereocenters. The fourth-order valence-electron chi connectivity index (χ4n) is 2.69. The summed E-state index contributed by atoms with van der Waals surface area (Å²) in [6.07, 6.45) is -2.55. The number of hydrogen-bond donors (Lipinski definition) is 0. The van der Waals surface area contributed by atoms with E-state index in [2.05, 4.69) is 9.97 Å². The van der Waals surface area contributed by atoms with Gasteiger partial charge >= 0.3 is 6.18 Å². The van der Waals surface area contributed by atoms with E-state index in [1.54, 1.807) is 19.2 Å². The Balaban J connectivity index is 1.66. The number of likely N-dealkylation sites (tertiary alicyclic amines) is 1. The van der Waals surface area contributed by atoms with Crippen molar-refractivity contribution in [1.82, 2.24) is 14.9 Å². The van der Waals surface area contributed by atoms with Crippen molar-refractivity contribution < 1.29 is 22.7 Å². The number of rotatable bonds is 3. The average molecular weight is 351 g/mol. The Morgan fingerprint density at radius 3 is 2.84 bits per heavy atom. The molecule has 0 radical (unpaired) electrons. The van der Waals surface area contributed by atoms with E-state index in [4.69, 9.17) is 4.74 Å². The number of amides is 1. The van der Waals surface area contributed by atoms with Crippen molar-refractivity contribution in [2.75, 3.05) is 13.1 Å². The number of carbonyl (C=O) groups excluding carboxylic acids is 1. The first-order chi connectivity index (χ1) is 11.8. The van der Waals surface area contributed by atoms with Crippen LogP contribution in [0.5, 0.6) is 5.88 Å². The fraction of sp³-hybridized carbons (Fsp3) is 0.353. The van der Waals surface area contributed by atoms with Gasteiger partial charge in [0.15, 0.2) is 0 Å². The van der Waals surface area contributed by atoms with Crippen molar-refractivity contribution in [2.24, 2.45) is 0 Å². The van der Waals surface area contributed by atoms with E-state index in [9.17, 15) is 18.0 Å². The molecule has 1 aromatic carbocycles. The first-order valence-electron chi connectivity index (χ1n) is 7.76. The van der Waals surface area contributed by atoms with Gasteiger partial charge in [-0.3, -0.25) is 4.79 Å². The van der Waals surface area contributed by atoms with E-state index >= 15 is 0 Å². The van der Waals surface area contributed by atoms with E-state index in [1.807, 2.05) is 0 Å².